The maximum absolute atomic E-state index is 14.1. The number of thiophene rings is 1. The first-order valence-electron chi connectivity index (χ1n) is 15.0. The van der Waals surface area contributed by atoms with Gasteiger partial charge in [-0.15, -0.1) is 23.1 Å². The Bertz CT molecular complexity index is 1830. The number of thioether (sulfide) groups is 1. The zero-order valence-electron chi connectivity index (χ0n) is 25.2. The predicted octanol–water partition coefficient (Wildman–Crippen LogP) is 9.09. The molecule has 6 nitrogen and oxygen atoms in total. The average Bonchev–Trinajstić information content (AvgIpc) is 3.45. The number of carbonyl (C=O) groups is 2. The number of rotatable bonds is 9. The van der Waals surface area contributed by atoms with Gasteiger partial charge in [0.05, 0.1) is 12.7 Å². The molecule has 46 heavy (non-hydrogen) atoms. The van der Waals surface area contributed by atoms with Gasteiger partial charge in [-0.1, -0.05) is 84.9 Å². The smallest absolute Gasteiger partial charge is 0.341 e. The second-order valence-electron chi connectivity index (χ2n) is 10.9. The number of benzene rings is 4. The van der Waals surface area contributed by atoms with E-state index in [0.29, 0.717) is 21.6 Å². The first-order chi connectivity index (χ1) is 22.5. The summed E-state index contributed by atoms with van der Waals surface area (Å²) in [7, 11) is 1.39. The number of hydrogen-bond donors (Lipinski definition) is 3. The second kappa shape index (κ2) is 14.8. The lowest BCUT2D eigenvalue weighted by Gasteiger charge is -2.22. The summed E-state index contributed by atoms with van der Waals surface area (Å²) in [5.74, 6) is -0.265. The van der Waals surface area contributed by atoms with Gasteiger partial charge in [-0.2, -0.15) is 0 Å². The number of hydrogen-bond acceptors (Lipinski definition) is 6. The van der Waals surface area contributed by atoms with Gasteiger partial charge in [0, 0.05) is 21.1 Å². The van der Waals surface area contributed by atoms with Gasteiger partial charge < -0.3 is 20.7 Å². The van der Waals surface area contributed by atoms with Crippen molar-refractivity contribution in [2.24, 2.45) is 0 Å². The molecule has 0 saturated carbocycles. The van der Waals surface area contributed by atoms with Crippen molar-refractivity contribution in [3.63, 3.8) is 0 Å². The van der Waals surface area contributed by atoms with E-state index < -0.39 is 11.2 Å². The van der Waals surface area contributed by atoms with Crippen molar-refractivity contribution < 1.29 is 14.3 Å². The van der Waals surface area contributed by atoms with Crippen molar-refractivity contribution in [3.05, 3.63) is 142 Å². The maximum atomic E-state index is 14.1. The number of fused-ring (bicyclic) bond motifs is 1. The molecule has 0 spiro atoms. The molecule has 0 saturated heterocycles. The Morgan fingerprint density at radius 3 is 2.22 bits per heavy atom. The number of nitrogens with one attached hydrogen (secondary N) is 3. The molecule has 5 aromatic rings. The van der Waals surface area contributed by atoms with Gasteiger partial charge in [0.2, 0.25) is 5.91 Å². The molecule has 1 aliphatic carbocycles. The molecule has 0 aliphatic heterocycles. The van der Waals surface area contributed by atoms with Crippen LogP contribution in [-0.2, 0) is 22.4 Å². The first-order valence-corrected chi connectivity index (χ1v) is 17.1. The molecule has 1 heterocycles. The molecule has 1 aromatic heterocycles. The molecule has 232 valence electrons. The van der Waals surface area contributed by atoms with Gasteiger partial charge in [0.1, 0.15) is 10.3 Å². The lowest BCUT2D eigenvalue weighted by atomic mass is 9.83. The molecule has 9 heteroatoms. The standard InChI is InChI=1S/C37H33N3O3S3/c1-43-36(42)32-30-21-20-26(24-12-5-2-6-13-24)22-31(30)46-35(32)40-34(41)33(25-14-7-3-8-15-25)45-29-19-11-18-28(23-29)39-37(44)38-27-16-9-4-10-17-27/h2-19,23,26,33H,20-22H2,1H3,(H,40,41)(H2,38,39,44). The highest BCUT2D eigenvalue weighted by Gasteiger charge is 2.32. The Morgan fingerprint density at radius 2 is 1.50 bits per heavy atom. The van der Waals surface area contributed by atoms with Gasteiger partial charge in [-0.25, -0.2) is 4.79 Å². The fraction of sp³-hybridized carbons (Fsp3) is 0.162. The third kappa shape index (κ3) is 7.50. The van der Waals surface area contributed by atoms with Crippen LogP contribution in [-0.4, -0.2) is 24.1 Å². The Hall–Kier alpha value is -4.44. The normalized spacial score (nSPS) is 14.4. The van der Waals surface area contributed by atoms with Crippen LogP contribution in [0.15, 0.2) is 120 Å². The summed E-state index contributed by atoms with van der Waals surface area (Å²) in [6, 6.07) is 37.7. The quantitative estimate of drug-likeness (QED) is 0.0825. The molecule has 2 atom stereocenters. The van der Waals surface area contributed by atoms with Crippen LogP contribution in [0.3, 0.4) is 0 Å². The number of thiocarbonyl (C=S) groups is 1. The molecule has 1 amide bonds. The van der Waals surface area contributed by atoms with Gasteiger partial charge >= 0.3 is 5.97 Å². The van der Waals surface area contributed by atoms with E-state index in [2.05, 4.69) is 40.2 Å². The lowest BCUT2D eigenvalue weighted by Crippen LogP contribution is -2.20. The minimum absolute atomic E-state index is 0.209. The van der Waals surface area contributed by atoms with Crippen LogP contribution in [0.2, 0.25) is 0 Å². The van der Waals surface area contributed by atoms with Crippen LogP contribution in [0, 0.1) is 0 Å². The molecule has 0 bridgehead atoms. The highest BCUT2D eigenvalue weighted by Crippen LogP contribution is 2.44. The number of carbonyl (C=O) groups excluding carboxylic acids is 2. The Kier molecular flexibility index (Phi) is 10.1. The summed E-state index contributed by atoms with van der Waals surface area (Å²) in [6.45, 7) is 0. The van der Waals surface area contributed by atoms with E-state index in [0.717, 1.165) is 51.5 Å². The van der Waals surface area contributed by atoms with E-state index in [1.165, 1.54) is 35.8 Å². The van der Waals surface area contributed by atoms with Crippen molar-refractivity contribution in [3.8, 4) is 0 Å². The summed E-state index contributed by atoms with van der Waals surface area (Å²) in [5.41, 5.74) is 5.31. The number of methoxy groups -OCH3 is 1. The minimum atomic E-state index is -0.576. The van der Waals surface area contributed by atoms with Gasteiger partial charge in [0.15, 0.2) is 5.11 Å². The van der Waals surface area contributed by atoms with Crippen LogP contribution in [0.4, 0.5) is 16.4 Å². The van der Waals surface area contributed by atoms with Crippen LogP contribution in [0.5, 0.6) is 0 Å². The summed E-state index contributed by atoms with van der Waals surface area (Å²) in [4.78, 5) is 29.2. The number of amides is 1. The van der Waals surface area contributed by atoms with Crippen molar-refractivity contribution in [2.45, 2.75) is 35.3 Å². The monoisotopic (exact) mass is 663 g/mol. The number of esters is 1. The molecule has 6 rings (SSSR count). The SMILES string of the molecule is COC(=O)c1c(NC(=O)C(Sc2cccc(NC(=S)Nc3ccccc3)c2)c2ccccc2)sc2c1CCC(c1ccccc1)C2. The average molecular weight is 664 g/mol. The summed E-state index contributed by atoms with van der Waals surface area (Å²) in [6.07, 6.45) is 2.51. The van der Waals surface area contributed by atoms with E-state index >= 15 is 0 Å². The zero-order chi connectivity index (χ0) is 31.9. The molecular formula is C37H33N3O3S3. The molecule has 0 fully saturated rings. The lowest BCUT2D eigenvalue weighted by molar-refractivity contribution is -0.115. The minimum Gasteiger partial charge on any atom is -0.465 e. The number of para-hydroxylation sites is 1. The first kappa shape index (κ1) is 31.5. The Morgan fingerprint density at radius 1 is 0.848 bits per heavy atom. The van der Waals surface area contributed by atoms with Gasteiger partial charge in [-0.05, 0) is 84.4 Å². The van der Waals surface area contributed by atoms with Crippen LogP contribution in [0.25, 0.3) is 0 Å². The predicted molar refractivity (Wildman–Crippen MR) is 193 cm³/mol. The van der Waals surface area contributed by atoms with Crippen molar-refractivity contribution >= 4 is 68.7 Å². The Balaban J connectivity index is 1.23. The molecular weight excluding hydrogens is 631 g/mol. The molecule has 2 unspecified atom stereocenters. The Labute approximate surface area is 282 Å². The largest absolute Gasteiger partial charge is 0.465 e. The van der Waals surface area contributed by atoms with Gasteiger partial charge in [0.25, 0.3) is 0 Å². The van der Waals surface area contributed by atoms with E-state index in [1.54, 1.807) is 0 Å². The van der Waals surface area contributed by atoms with Crippen LogP contribution < -0.4 is 16.0 Å². The second-order valence-corrected chi connectivity index (χ2v) is 13.6. The summed E-state index contributed by atoms with van der Waals surface area (Å²) in [5, 5.41) is 10.0. The topological polar surface area (TPSA) is 79.5 Å². The van der Waals surface area contributed by atoms with Crippen LogP contribution in [0.1, 0.15) is 49.5 Å². The maximum Gasteiger partial charge on any atom is 0.341 e. The molecule has 4 aromatic carbocycles. The summed E-state index contributed by atoms with van der Waals surface area (Å²) < 4.78 is 5.21. The molecule has 3 N–H and O–H groups in total. The van der Waals surface area contributed by atoms with E-state index in [9.17, 15) is 9.59 Å². The van der Waals surface area contributed by atoms with Crippen LogP contribution >= 0.6 is 35.3 Å². The number of ether oxygens (including phenoxy) is 1. The van der Waals surface area contributed by atoms with Gasteiger partial charge in [-0.3, -0.25) is 4.79 Å². The van der Waals surface area contributed by atoms with E-state index in [-0.39, 0.29) is 5.91 Å². The molecule has 1 aliphatic rings. The van der Waals surface area contributed by atoms with E-state index in [1.807, 2.05) is 91.0 Å². The molecule has 0 radical (unpaired) electrons. The third-order valence-corrected chi connectivity index (χ3v) is 10.5. The van der Waals surface area contributed by atoms with Crippen molar-refractivity contribution in [1.29, 1.82) is 0 Å². The third-order valence-electron chi connectivity index (χ3n) is 7.88. The highest BCUT2D eigenvalue weighted by molar-refractivity contribution is 8.00. The van der Waals surface area contributed by atoms with Crippen molar-refractivity contribution in [1.82, 2.24) is 0 Å². The fourth-order valence-corrected chi connectivity index (χ4v) is 8.32. The number of anilines is 3. The van der Waals surface area contributed by atoms with Crippen molar-refractivity contribution in [2.75, 3.05) is 23.1 Å². The fourth-order valence-electron chi connectivity index (χ4n) is 5.68. The highest BCUT2D eigenvalue weighted by atomic mass is 32.2. The van der Waals surface area contributed by atoms with E-state index in [4.69, 9.17) is 17.0 Å². The summed E-state index contributed by atoms with van der Waals surface area (Å²) >= 11 is 8.45. The zero-order valence-corrected chi connectivity index (χ0v) is 27.6.